The van der Waals surface area contributed by atoms with Gasteiger partial charge in [-0.15, -0.1) is 0 Å². The van der Waals surface area contributed by atoms with Gasteiger partial charge in [-0.25, -0.2) is 0 Å². The van der Waals surface area contributed by atoms with E-state index in [4.69, 9.17) is 0 Å². The Morgan fingerprint density at radius 3 is 2.46 bits per heavy atom. The molecule has 1 aliphatic heterocycles. The number of aryl methyl sites for hydroxylation is 1. The third-order valence-corrected chi connectivity index (χ3v) is 4.76. The predicted molar refractivity (Wildman–Crippen MR) is 102 cm³/mol. The second-order valence-electron chi connectivity index (χ2n) is 6.62. The zero-order valence-electron chi connectivity index (χ0n) is 14.9. The number of carbonyl (C=O) groups is 1. The third kappa shape index (κ3) is 4.20. The molecule has 0 bridgehead atoms. The molecule has 0 aromatic heterocycles. The molecular formula is C20H23N3O3. The maximum Gasteiger partial charge on any atom is 0.272 e. The minimum atomic E-state index is -0.442. The standard InChI is InChI=1S/C20H23N3O3/c1-15-14-17(6-9-19(15)23(25)26)20(24)21-11-10-16-4-7-18(8-5-16)22-12-2-3-13-22/h4-9,14H,2-3,10-13H2,1H3,(H,21,24). The second-order valence-corrected chi connectivity index (χ2v) is 6.62. The molecule has 0 spiro atoms. The van der Waals surface area contributed by atoms with Crippen LogP contribution in [0.5, 0.6) is 0 Å². The largest absolute Gasteiger partial charge is 0.372 e. The first-order chi connectivity index (χ1) is 12.5. The molecule has 0 saturated carbocycles. The highest BCUT2D eigenvalue weighted by Crippen LogP contribution is 2.21. The van der Waals surface area contributed by atoms with Gasteiger partial charge in [0.15, 0.2) is 0 Å². The maximum atomic E-state index is 12.2. The Kier molecular flexibility index (Phi) is 5.51. The molecule has 1 amide bonds. The molecule has 0 unspecified atom stereocenters. The first-order valence-electron chi connectivity index (χ1n) is 8.92. The van der Waals surface area contributed by atoms with E-state index in [0.29, 0.717) is 17.7 Å². The molecule has 26 heavy (non-hydrogen) atoms. The zero-order valence-corrected chi connectivity index (χ0v) is 14.9. The number of hydrogen-bond donors (Lipinski definition) is 1. The summed E-state index contributed by atoms with van der Waals surface area (Å²) in [5, 5.41) is 13.7. The van der Waals surface area contributed by atoms with Crippen LogP contribution in [0.25, 0.3) is 0 Å². The topological polar surface area (TPSA) is 75.5 Å². The monoisotopic (exact) mass is 353 g/mol. The van der Waals surface area contributed by atoms with E-state index in [1.54, 1.807) is 13.0 Å². The average molecular weight is 353 g/mol. The highest BCUT2D eigenvalue weighted by atomic mass is 16.6. The first-order valence-corrected chi connectivity index (χ1v) is 8.92. The van der Waals surface area contributed by atoms with Gasteiger partial charge >= 0.3 is 0 Å². The van der Waals surface area contributed by atoms with Gasteiger partial charge in [0, 0.05) is 42.5 Å². The molecule has 136 valence electrons. The molecule has 1 fully saturated rings. The Morgan fingerprint density at radius 1 is 1.15 bits per heavy atom. The van der Waals surface area contributed by atoms with Crippen molar-refractivity contribution in [2.75, 3.05) is 24.5 Å². The third-order valence-electron chi connectivity index (χ3n) is 4.76. The van der Waals surface area contributed by atoms with Gasteiger partial charge in [0.05, 0.1) is 4.92 Å². The van der Waals surface area contributed by atoms with Gasteiger partial charge in [0.1, 0.15) is 0 Å². The summed E-state index contributed by atoms with van der Waals surface area (Å²) in [5.41, 5.74) is 3.39. The molecular weight excluding hydrogens is 330 g/mol. The van der Waals surface area contributed by atoms with Gasteiger partial charge in [-0.3, -0.25) is 14.9 Å². The van der Waals surface area contributed by atoms with E-state index in [1.807, 2.05) is 0 Å². The van der Waals surface area contributed by atoms with Crippen molar-refractivity contribution in [2.24, 2.45) is 0 Å². The number of rotatable bonds is 6. The molecule has 0 atom stereocenters. The van der Waals surface area contributed by atoms with Crippen LogP contribution in [-0.4, -0.2) is 30.5 Å². The Bertz CT molecular complexity index is 796. The summed E-state index contributed by atoms with van der Waals surface area (Å²) in [7, 11) is 0. The Hall–Kier alpha value is -2.89. The maximum absolute atomic E-state index is 12.2. The summed E-state index contributed by atoms with van der Waals surface area (Å²) in [5.74, 6) is -0.211. The van der Waals surface area contributed by atoms with E-state index >= 15 is 0 Å². The van der Waals surface area contributed by atoms with Crippen LogP contribution in [0.15, 0.2) is 42.5 Å². The molecule has 0 aliphatic carbocycles. The summed E-state index contributed by atoms with van der Waals surface area (Å²) >= 11 is 0. The van der Waals surface area contributed by atoms with E-state index in [9.17, 15) is 14.9 Å². The molecule has 2 aromatic rings. The van der Waals surface area contributed by atoms with Crippen LogP contribution in [0.1, 0.15) is 34.3 Å². The lowest BCUT2D eigenvalue weighted by atomic mass is 10.1. The number of nitrogens with zero attached hydrogens (tertiary/aromatic N) is 2. The van der Waals surface area contributed by atoms with Gasteiger partial charge < -0.3 is 10.2 Å². The number of benzene rings is 2. The molecule has 0 radical (unpaired) electrons. The fourth-order valence-corrected chi connectivity index (χ4v) is 3.27. The van der Waals surface area contributed by atoms with Crippen LogP contribution < -0.4 is 10.2 Å². The van der Waals surface area contributed by atoms with Crippen molar-refractivity contribution in [2.45, 2.75) is 26.2 Å². The molecule has 1 heterocycles. The van der Waals surface area contributed by atoms with Crippen LogP contribution in [0, 0.1) is 17.0 Å². The van der Waals surface area contributed by atoms with E-state index in [-0.39, 0.29) is 11.6 Å². The summed E-state index contributed by atoms with van der Waals surface area (Å²) in [6, 6.07) is 12.9. The van der Waals surface area contributed by atoms with Crippen molar-refractivity contribution in [3.8, 4) is 0 Å². The lowest BCUT2D eigenvalue weighted by Gasteiger charge is -2.17. The smallest absolute Gasteiger partial charge is 0.272 e. The Labute approximate surface area is 153 Å². The highest BCUT2D eigenvalue weighted by Gasteiger charge is 2.14. The lowest BCUT2D eigenvalue weighted by molar-refractivity contribution is -0.385. The van der Waals surface area contributed by atoms with E-state index < -0.39 is 4.92 Å². The minimum absolute atomic E-state index is 0.0274. The zero-order chi connectivity index (χ0) is 18.5. The van der Waals surface area contributed by atoms with Crippen molar-refractivity contribution < 1.29 is 9.72 Å². The van der Waals surface area contributed by atoms with E-state index in [1.165, 1.54) is 36.2 Å². The Balaban J connectivity index is 1.52. The number of amides is 1. The van der Waals surface area contributed by atoms with Gasteiger partial charge in [-0.1, -0.05) is 12.1 Å². The summed E-state index contributed by atoms with van der Waals surface area (Å²) in [4.78, 5) is 25.0. The highest BCUT2D eigenvalue weighted by molar-refractivity contribution is 5.94. The van der Waals surface area contributed by atoms with Crippen LogP contribution in [0.3, 0.4) is 0 Å². The van der Waals surface area contributed by atoms with Crippen LogP contribution >= 0.6 is 0 Å². The van der Waals surface area contributed by atoms with Crippen molar-refractivity contribution in [1.29, 1.82) is 0 Å². The molecule has 1 aliphatic rings. The molecule has 1 saturated heterocycles. The van der Waals surface area contributed by atoms with Crippen LogP contribution in [0.2, 0.25) is 0 Å². The van der Waals surface area contributed by atoms with Crippen LogP contribution in [0.4, 0.5) is 11.4 Å². The van der Waals surface area contributed by atoms with Crippen molar-refractivity contribution in [3.63, 3.8) is 0 Å². The second kappa shape index (κ2) is 7.99. The molecule has 6 heteroatoms. The summed E-state index contributed by atoms with van der Waals surface area (Å²) in [6.07, 6.45) is 3.27. The number of carbonyl (C=O) groups excluding carboxylic acids is 1. The Morgan fingerprint density at radius 2 is 1.85 bits per heavy atom. The number of nitro groups is 1. The van der Waals surface area contributed by atoms with Crippen molar-refractivity contribution >= 4 is 17.3 Å². The predicted octanol–water partition coefficient (Wildman–Crippen LogP) is 3.48. The summed E-state index contributed by atoms with van der Waals surface area (Å²) < 4.78 is 0. The van der Waals surface area contributed by atoms with Crippen molar-refractivity contribution in [1.82, 2.24) is 5.32 Å². The fraction of sp³-hybridized carbons (Fsp3) is 0.350. The molecule has 1 N–H and O–H groups in total. The average Bonchev–Trinajstić information content (AvgIpc) is 3.16. The van der Waals surface area contributed by atoms with Crippen molar-refractivity contribution in [3.05, 3.63) is 69.3 Å². The fourth-order valence-electron chi connectivity index (χ4n) is 3.27. The summed E-state index contributed by atoms with van der Waals surface area (Å²) in [6.45, 7) is 4.42. The SMILES string of the molecule is Cc1cc(C(=O)NCCc2ccc(N3CCCC3)cc2)ccc1[N+](=O)[O-]. The lowest BCUT2D eigenvalue weighted by Crippen LogP contribution is -2.25. The number of nitro benzene ring substituents is 1. The molecule has 3 rings (SSSR count). The van der Waals surface area contributed by atoms with Gasteiger partial charge in [-0.2, -0.15) is 0 Å². The first kappa shape index (κ1) is 17.9. The number of anilines is 1. The molecule has 6 nitrogen and oxygen atoms in total. The molecule has 2 aromatic carbocycles. The van der Waals surface area contributed by atoms with E-state index in [2.05, 4.69) is 34.5 Å². The quantitative estimate of drug-likeness (QED) is 0.637. The van der Waals surface area contributed by atoms with Gasteiger partial charge in [0.25, 0.3) is 11.6 Å². The number of hydrogen-bond acceptors (Lipinski definition) is 4. The van der Waals surface area contributed by atoms with E-state index in [0.717, 1.165) is 19.5 Å². The minimum Gasteiger partial charge on any atom is -0.372 e. The van der Waals surface area contributed by atoms with Gasteiger partial charge in [-0.05, 0) is 56.0 Å². The van der Waals surface area contributed by atoms with Gasteiger partial charge in [0.2, 0.25) is 0 Å². The normalized spacial score (nSPS) is 13.7. The van der Waals surface area contributed by atoms with Crippen LogP contribution in [-0.2, 0) is 6.42 Å². The number of nitrogens with one attached hydrogen (secondary N) is 1.